The minimum Gasteiger partial charge on any atom is -0.508 e. The van der Waals surface area contributed by atoms with Crippen molar-refractivity contribution in [3.8, 4) is 29.4 Å². The summed E-state index contributed by atoms with van der Waals surface area (Å²) in [5.74, 6) is 8.69. The van der Waals surface area contributed by atoms with E-state index in [1.54, 1.807) is 12.1 Å². The fraction of sp³-hybridized carbons (Fsp3) is 0.217. The van der Waals surface area contributed by atoms with Gasteiger partial charge in [-0.1, -0.05) is 18.8 Å². The molecule has 2 rings (SSSR count). The van der Waals surface area contributed by atoms with Crippen molar-refractivity contribution in [3.63, 3.8) is 0 Å². The van der Waals surface area contributed by atoms with Gasteiger partial charge in [-0.3, -0.25) is 14.8 Å². The highest BCUT2D eigenvalue weighted by Gasteiger charge is 2.48. The molecule has 166 valence electrons. The van der Waals surface area contributed by atoms with Gasteiger partial charge >= 0.3 is 0 Å². The van der Waals surface area contributed by atoms with Crippen LogP contribution >= 0.6 is 0 Å². The number of phenolic OH excluding ortho intramolecular Hbond substituents is 1. The first kappa shape index (κ1) is 24.4. The maximum atomic E-state index is 13.3. The Hall–Kier alpha value is -3.92. The summed E-state index contributed by atoms with van der Waals surface area (Å²) >= 11 is 0. The van der Waals surface area contributed by atoms with E-state index in [1.807, 2.05) is 5.32 Å². The highest BCUT2D eigenvalue weighted by atomic mass is 19.3. The van der Waals surface area contributed by atoms with Gasteiger partial charge in [-0.2, -0.15) is 0 Å². The van der Waals surface area contributed by atoms with Crippen molar-refractivity contribution in [2.24, 2.45) is 0 Å². The minimum absolute atomic E-state index is 0.0224. The Morgan fingerprint density at radius 2 is 1.50 bits per heavy atom. The number of hydroxylamine groups is 1. The molecule has 0 aliphatic rings. The zero-order valence-corrected chi connectivity index (χ0v) is 16.9. The molecule has 0 spiro atoms. The number of amides is 2. The summed E-state index contributed by atoms with van der Waals surface area (Å²) in [6.07, 6.45) is -3.90. The molecule has 2 aromatic carbocycles. The van der Waals surface area contributed by atoms with Gasteiger partial charge < -0.3 is 15.5 Å². The zero-order chi connectivity index (χ0) is 23.7. The van der Waals surface area contributed by atoms with Crippen molar-refractivity contribution in [2.45, 2.75) is 31.4 Å². The highest BCUT2D eigenvalue weighted by Crippen LogP contribution is 2.25. The van der Waals surface area contributed by atoms with Crippen molar-refractivity contribution in [1.29, 1.82) is 0 Å². The predicted octanol–water partition coefficient (Wildman–Crippen LogP) is 1.81. The molecule has 0 aliphatic carbocycles. The molecule has 0 aliphatic heterocycles. The fourth-order valence-electron chi connectivity index (χ4n) is 2.64. The zero-order valence-electron chi connectivity index (χ0n) is 16.9. The topological polar surface area (TPSA) is 119 Å². The average Bonchev–Trinajstić information content (AvgIpc) is 2.80. The maximum Gasteiger partial charge on any atom is 0.269 e. The van der Waals surface area contributed by atoms with Gasteiger partial charge in [0.2, 0.25) is 0 Å². The second kappa shape index (κ2) is 10.9. The Balaban J connectivity index is 2.12. The van der Waals surface area contributed by atoms with Crippen LogP contribution < -0.4 is 10.8 Å². The van der Waals surface area contributed by atoms with Gasteiger partial charge in [-0.05, 0) is 66.8 Å². The largest absolute Gasteiger partial charge is 0.508 e. The summed E-state index contributed by atoms with van der Waals surface area (Å²) in [5.41, 5.74) is -0.485. The lowest BCUT2D eigenvalue weighted by Gasteiger charge is -2.33. The first-order chi connectivity index (χ1) is 15.2. The second-order valence-electron chi connectivity index (χ2n) is 6.65. The number of aromatic hydroxyl groups is 1. The van der Waals surface area contributed by atoms with E-state index in [2.05, 4.69) is 23.7 Å². The van der Waals surface area contributed by atoms with Crippen LogP contribution in [0.15, 0.2) is 48.5 Å². The quantitative estimate of drug-likeness (QED) is 0.266. The third kappa shape index (κ3) is 6.05. The molecule has 2 aromatic rings. The van der Waals surface area contributed by atoms with E-state index in [4.69, 9.17) is 5.21 Å². The van der Waals surface area contributed by atoms with Gasteiger partial charge in [-0.25, -0.2) is 14.3 Å². The number of hydrogen-bond donors (Lipinski definition) is 5. The SMILES string of the molecule is CCC(O)(C(F)F)C(NC(=O)c1ccc(C#CC#Cc2ccc(O)cc2)cc1)C(=O)NO. The molecule has 0 saturated heterocycles. The Labute approximate surface area is 183 Å². The normalized spacial score (nSPS) is 12.9. The fourth-order valence-corrected chi connectivity index (χ4v) is 2.64. The van der Waals surface area contributed by atoms with E-state index >= 15 is 0 Å². The van der Waals surface area contributed by atoms with E-state index < -0.39 is 36.3 Å². The summed E-state index contributed by atoms with van der Waals surface area (Å²) < 4.78 is 26.6. The summed E-state index contributed by atoms with van der Waals surface area (Å²) in [6, 6.07) is 9.87. The molecule has 0 heterocycles. The molecule has 2 unspecified atom stereocenters. The van der Waals surface area contributed by atoms with Crippen molar-refractivity contribution in [2.75, 3.05) is 0 Å². The van der Waals surface area contributed by atoms with E-state index in [0.717, 1.165) is 0 Å². The minimum atomic E-state index is -3.35. The molecular weight excluding hydrogens is 422 g/mol. The lowest BCUT2D eigenvalue weighted by atomic mass is 9.90. The number of aliphatic hydroxyl groups is 1. The van der Waals surface area contributed by atoms with Crippen LogP contribution in [0, 0.1) is 23.7 Å². The molecule has 0 aromatic heterocycles. The van der Waals surface area contributed by atoms with E-state index in [9.17, 15) is 28.6 Å². The van der Waals surface area contributed by atoms with E-state index in [1.165, 1.54) is 48.8 Å². The molecule has 32 heavy (non-hydrogen) atoms. The Morgan fingerprint density at radius 1 is 1.00 bits per heavy atom. The molecule has 2 atom stereocenters. The van der Waals surface area contributed by atoms with Crippen LogP contribution in [0.4, 0.5) is 8.78 Å². The van der Waals surface area contributed by atoms with E-state index in [0.29, 0.717) is 11.1 Å². The van der Waals surface area contributed by atoms with Crippen LogP contribution in [0.1, 0.15) is 34.8 Å². The molecule has 2 amide bonds. The van der Waals surface area contributed by atoms with Gasteiger partial charge in [0, 0.05) is 16.7 Å². The van der Waals surface area contributed by atoms with Gasteiger partial charge in [0.05, 0.1) is 0 Å². The molecule has 0 saturated carbocycles. The third-order valence-corrected chi connectivity index (χ3v) is 4.58. The third-order valence-electron chi connectivity index (χ3n) is 4.58. The average molecular weight is 442 g/mol. The predicted molar refractivity (Wildman–Crippen MR) is 111 cm³/mol. The standard InChI is InChI=1S/C23H20F2N2O5/c1-2-23(31,22(24)25)19(21(30)27-32)26-20(29)17-11-7-15(8-12-17)5-3-4-6-16-9-13-18(28)14-10-16/h7-14,19,22,28,31-32H,2H2,1H3,(H,26,29)(H,27,30). The number of alkyl halides is 2. The van der Waals surface area contributed by atoms with Crippen LogP contribution in [0.5, 0.6) is 5.75 Å². The number of hydrogen-bond acceptors (Lipinski definition) is 5. The Kier molecular flexibility index (Phi) is 8.31. The summed E-state index contributed by atoms with van der Waals surface area (Å²) in [4.78, 5) is 24.2. The number of phenols is 1. The van der Waals surface area contributed by atoms with Crippen LogP contribution in [0.2, 0.25) is 0 Å². The lowest BCUT2D eigenvalue weighted by molar-refractivity contribution is -0.154. The monoisotopic (exact) mass is 442 g/mol. The molecule has 0 bridgehead atoms. The van der Waals surface area contributed by atoms with Crippen LogP contribution in [0.3, 0.4) is 0 Å². The Morgan fingerprint density at radius 3 is 1.94 bits per heavy atom. The highest BCUT2D eigenvalue weighted by molar-refractivity contribution is 5.97. The molecule has 7 nitrogen and oxygen atoms in total. The van der Waals surface area contributed by atoms with Crippen LogP contribution in [-0.2, 0) is 4.79 Å². The molecule has 5 N–H and O–H groups in total. The van der Waals surface area contributed by atoms with Crippen LogP contribution in [0.25, 0.3) is 0 Å². The van der Waals surface area contributed by atoms with Gasteiger partial charge in [0.15, 0.2) is 5.60 Å². The lowest BCUT2D eigenvalue weighted by Crippen LogP contribution is -2.62. The first-order valence-electron chi connectivity index (χ1n) is 9.37. The second-order valence-corrected chi connectivity index (χ2v) is 6.65. The summed E-state index contributed by atoms with van der Waals surface area (Å²) in [5, 5.41) is 30.2. The van der Waals surface area contributed by atoms with Gasteiger partial charge in [0.1, 0.15) is 11.8 Å². The number of nitrogens with one attached hydrogen (secondary N) is 2. The summed E-state index contributed by atoms with van der Waals surface area (Å²) in [6.45, 7) is 1.22. The van der Waals surface area contributed by atoms with Crippen molar-refractivity contribution in [1.82, 2.24) is 10.8 Å². The van der Waals surface area contributed by atoms with E-state index in [-0.39, 0.29) is 11.3 Å². The molecule has 0 radical (unpaired) electrons. The number of halogens is 2. The molecule has 0 fully saturated rings. The van der Waals surface area contributed by atoms with Crippen molar-refractivity contribution in [3.05, 3.63) is 65.2 Å². The maximum absolute atomic E-state index is 13.3. The first-order valence-corrected chi connectivity index (χ1v) is 9.37. The number of rotatable bonds is 6. The number of benzene rings is 2. The number of carbonyl (C=O) groups excluding carboxylic acids is 2. The van der Waals surface area contributed by atoms with Crippen LogP contribution in [-0.4, -0.2) is 45.3 Å². The van der Waals surface area contributed by atoms with Crippen molar-refractivity contribution < 1.29 is 33.8 Å². The molecule has 9 heteroatoms. The Bertz CT molecular complexity index is 1080. The smallest absolute Gasteiger partial charge is 0.269 e. The van der Waals surface area contributed by atoms with Gasteiger partial charge in [-0.15, -0.1) is 0 Å². The van der Waals surface area contributed by atoms with Gasteiger partial charge in [0.25, 0.3) is 18.2 Å². The number of carbonyl (C=O) groups is 2. The summed E-state index contributed by atoms with van der Waals surface area (Å²) in [7, 11) is 0. The van der Waals surface area contributed by atoms with Crippen molar-refractivity contribution >= 4 is 11.8 Å². The molecular formula is C23H20F2N2O5.